The summed E-state index contributed by atoms with van der Waals surface area (Å²) in [5, 5.41) is 0. The lowest BCUT2D eigenvalue weighted by atomic mass is 10.2. The van der Waals surface area contributed by atoms with Crippen LogP contribution in [0.1, 0.15) is 5.56 Å². The molecule has 0 aromatic heterocycles. The minimum absolute atomic E-state index is 0.950. The Balaban J connectivity index is 2.35. The third-order valence-electron chi connectivity index (χ3n) is 1.71. The molecule has 14 heavy (non-hydrogen) atoms. The van der Waals surface area contributed by atoms with Gasteiger partial charge in [-0.3, -0.25) is 0 Å². The minimum Gasteiger partial charge on any atom is -0.550 e. The summed E-state index contributed by atoms with van der Waals surface area (Å²) >= 11 is 0. The number of hydrogen-bond acceptors (Lipinski definition) is 1. The zero-order valence-corrected chi connectivity index (χ0v) is 10.2. The highest BCUT2D eigenvalue weighted by Gasteiger charge is 2.12. The molecule has 1 aromatic carbocycles. The van der Waals surface area contributed by atoms with Crippen molar-refractivity contribution in [1.82, 2.24) is 0 Å². The molecule has 0 radical (unpaired) electrons. The van der Waals surface area contributed by atoms with Crippen LogP contribution in [-0.2, 0) is 10.8 Å². The van der Waals surface area contributed by atoms with E-state index in [-0.39, 0.29) is 0 Å². The van der Waals surface area contributed by atoms with Gasteiger partial charge in [-0.2, -0.15) is 0 Å². The maximum atomic E-state index is 5.61. The second-order valence-electron chi connectivity index (χ2n) is 4.29. The second kappa shape index (κ2) is 5.01. The highest BCUT2D eigenvalue weighted by Crippen LogP contribution is 2.04. The van der Waals surface area contributed by atoms with Crippen molar-refractivity contribution in [3.8, 4) is 0 Å². The van der Waals surface area contributed by atoms with E-state index < -0.39 is 8.32 Å². The van der Waals surface area contributed by atoms with Crippen LogP contribution in [0.3, 0.4) is 0 Å². The van der Waals surface area contributed by atoms with Crippen molar-refractivity contribution in [2.45, 2.75) is 26.1 Å². The van der Waals surface area contributed by atoms with E-state index in [1.807, 2.05) is 12.3 Å². The Morgan fingerprint density at radius 3 is 2.36 bits per heavy atom. The van der Waals surface area contributed by atoms with Crippen LogP contribution >= 0.6 is 0 Å². The first-order valence-corrected chi connectivity index (χ1v) is 8.35. The molecule has 0 unspecified atom stereocenters. The van der Waals surface area contributed by atoms with Gasteiger partial charge >= 0.3 is 0 Å². The topological polar surface area (TPSA) is 9.23 Å². The molecule has 0 saturated heterocycles. The first kappa shape index (κ1) is 11.1. The van der Waals surface area contributed by atoms with Crippen LogP contribution in [-0.4, -0.2) is 8.32 Å². The summed E-state index contributed by atoms with van der Waals surface area (Å²) in [6.07, 6.45) is 4.87. The highest BCUT2D eigenvalue weighted by molar-refractivity contribution is 6.69. The van der Waals surface area contributed by atoms with Gasteiger partial charge in [-0.05, 0) is 37.7 Å². The minimum atomic E-state index is -1.38. The molecule has 0 bridgehead atoms. The van der Waals surface area contributed by atoms with Gasteiger partial charge in [0, 0.05) is 0 Å². The van der Waals surface area contributed by atoms with Gasteiger partial charge < -0.3 is 4.43 Å². The SMILES string of the molecule is C[Si](C)(C)O/C=C/Cc1ccccc1. The Morgan fingerprint density at radius 1 is 1.14 bits per heavy atom. The van der Waals surface area contributed by atoms with Crippen molar-refractivity contribution in [1.29, 1.82) is 0 Å². The van der Waals surface area contributed by atoms with E-state index in [0.29, 0.717) is 0 Å². The second-order valence-corrected chi connectivity index (χ2v) is 8.75. The van der Waals surface area contributed by atoms with Gasteiger partial charge in [0.15, 0.2) is 0 Å². The normalized spacial score (nSPS) is 11.9. The first-order valence-electron chi connectivity index (χ1n) is 4.95. The van der Waals surface area contributed by atoms with Gasteiger partial charge in [0.2, 0.25) is 8.32 Å². The summed E-state index contributed by atoms with van der Waals surface area (Å²) in [5.74, 6) is 0. The smallest absolute Gasteiger partial charge is 0.241 e. The van der Waals surface area contributed by atoms with Crippen molar-refractivity contribution in [2.24, 2.45) is 0 Å². The van der Waals surface area contributed by atoms with Crippen LogP contribution in [0.2, 0.25) is 19.6 Å². The summed E-state index contributed by atoms with van der Waals surface area (Å²) in [6, 6.07) is 10.4. The molecule has 0 amide bonds. The first-order chi connectivity index (χ1) is 6.58. The number of hydrogen-bond donors (Lipinski definition) is 0. The fraction of sp³-hybridized carbons (Fsp3) is 0.333. The van der Waals surface area contributed by atoms with Crippen molar-refractivity contribution >= 4 is 8.32 Å². The Kier molecular flexibility index (Phi) is 3.95. The van der Waals surface area contributed by atoms with E-state index in [4.69, 9.17) is 4.43 Å². The molecular formula is C12H18OSi. The van der Waals surface area contributed by atoms with Crippen LogP contribution in [0.25, 0.3) is 0 Å². The summed E-state index contributed by atoms with van der Waals surface area (Å²) in [7, 11) is -1.38. The lowest BCUT2D eigenvalue weighted by Gasteiger charge is -2.14. The van der Waals surface area contributed by atoms with Gasteiger partial charge in [-0.1, -0.05) is 30.3 Å². The molecule has 2 heteroatoms. The Morgan fingerprint density at radius 2 is 1.79 bits per heavy atom. The van der Waals surface area contributed by atoms with Crippen LogP contribution in [0.15, 0.2) is 42.7 Å². The van der Waals surface area contributed by atoms with Gasteiger partial charge in [0.1, 0.15) is 0 Å². The van der Waals surface area contributed by atoms with E-state index in [1.165, 1.54) is 5.56 Å². The van der Waals surface area contributed by atoms with Crippen LogP contribution in [0.4, 0.5) is 0 Å². The molecule has 0 atom stereocenters. The largest absolute Gasteiger partial charge is 0.550 e. The standard InChI is InChI=1S/C12H18OSi/c1-14(2,3)13-11-7-10-12-8-5-4-6-9-12/h4-9,11H,10H2,1-3H3/b11-7+. The summed E-state index contributed by atoms with van der Waals surface area (Å²) in [5.41, 5.74) is 1.32. The Labute approximate surface area is 87.5 Å². The van der Waals surface area contributed by atoms with Crippen LogP contribution in [0, 0.1) is 0 Å². The monoisotopic (exact) mass is 206 g/mol. The molecule has 1 nitrogen and oxygen atoms in total. The molecule has 0 aliphatic carbocycles. The summed E-state index contributed by atoms with van der Waals surface area (Å²) in [6.45, 7) is 6.54. The zero-order valence-electron chi connectivity index (χ0n) is 9.16. The summed E-state index contributed by atoms with van der Waals surface area (Å²) in [4.78, 5) is 0. The van der Waals surface area contributed by atoms with Crippen molar-refractivity contribution in [2.75, 3.05) is 0 Å². The average molecular weight is 206 g/mol. The van der Waals surface area contributed by atoms with Crippen molar-refractivity contribution in [3.63, 3.8) is 0 Å². The van der Waals surface area contributed by atoms with E-state index in [2.05, 4.69) is 50.0 Å². The third kappa shape index (κ3) is 4.87. The Hall–Kier alpha value is -1.02. The molecule has 0 saturated carbocycles. The fourth-order valence-corrected chi connectivity index (χ4v) is 1.55. The fourth-order valence-electron chi connectivity index (χ4n) is 1.05. The predicted molar refractivity (Wildman–Crippen MR) is 63.7 cm³/mol. The molecule has 0 heterocycles. The highest BCUT2D eigenvalue weighted by atomic mass is 28.4. The van der Waals surface area contributed by atoms with Gasteiger partial charge in [-0.15, -0.1) is 0 Å². The van der Waals surface area contributed by atoms with E-state index >= 15 is 0 Å². The maximum absolute atomic E-state index is 5.61. The zero-order chi connectivity index (χ0) is 10.4. The lowest BCUT2D eigenvalue weighted by Crippen LogP contribution is -2.21. The molecule has 1 rings (SSSR count). The van der Waals surface area contributed by atoms with Gasteiger partial charge in [0.25, 0.3) is 0 Å². The van der Waals surface area contributed by atoms with E-state index in [0.717, 1.165) is 6.42 Å². The van der Waals surface area contributed by atoms with Crippen LogP contribution < -0.4 is 0 Å². The molecule has 0 fully saturated rings. The molecule has 1 aromatic rings. The van der Waals surface area contributed by atoms with E-state index in [1.54, 1.807) is 0 Å². The van der Waals surface area contributed by atoms with Crippen molar-refractivity contribution < 1.29 is 4.43 Å². The summed E-state index contributed by atoms with van der Waals surface area (Å²) < 4.78 is 5.61. The predicted octanol–water partition coefficient (Wildman–Crippen LogP) is 3.59. The van der Waals surface area contributed by atoms with Gasteiger partial charge in [0.05, 0.1) is 6.26 Å². The van der Waals surface area contributed by atoms with Crippen molar-refractivity contribution in [3.05, 3.63) is 48.2 Å². The Bertz CT molecular complexity index is 285. The molecule has 76 valence electrons. The van der Waals surface area contributed by atoms with Gasteiger partial charge in [-0.25, -0.2) is 0 Å². The molecule has 0 aliphatic rings. The average Bonchev–Trinajstić information content (AvgIpc) is 2.13. The number of allylic oxidation sites excluding steroid dienone is 1. The number of rotatable bonds is 4. The maximum Gasteiger partial charge on any atom is 0.241 e. The quantitative estimate of drug-likeness (QED) is 0.540. The molecule has 0 spiro atoms. The third-order valence-corrected chi connectivity index (χ3v) is 2.56. The van der Waals surface area contributed by atoms with Crippen LogP contribution in [0.5, 0.6) is 0 Å². The molecular weight excluding hydrogens is 188 g/mol. The number of benzene rings is 1. The van der Waals surface area contributed by atoms with E-state index in [9.17, 15) is 0 Å². The lowest BCUT2D eigenvalue weighted by molar-refractivity contribution is 0.477. The molecule has 0 aliphatic heterocycles. The molecule has 0 N–H and O–H groups in total.